The van der Waals surface area contributed by atoms with Crippen molar-refractivity contribution in [3.63, 3.8) is 0 Å². The summed E-state index contributed by atoms with van der Waals surface area (Å²) in [6.07, 6.45) is 0. The summed E-state index contributed by atoms with van der Waals surface area (Å²) >= 11 is 0. The largest absolute Gasteiger partial charge is 0.309 e. The Morgan fingerprint density at radius 3 is 1.11 bits per heavy atom. The normalized spacial score (nSPS) is 13.0. The van der Waals surface area contributed by atoms with Crippen LogP contribution in [0.1, 0.15) is 111 Å². The molecule has 8 rings (SSSR count). The van der Waals surface area contributed by atoms with Crippen molar-refractivity contribution in [3.05, 3.63) is 143 Å². The number of fused-ring (bicyclic) bond motifs is 6. The summed E-state index contributed by atoms with van der Waals surface area (Å²) in [5, 5.41) is 14.7. The Morgan fingerprint density at radius 1 is 0.357 bits per heavy atom. The summed E-state index contributed by atoms with van der Waals surface area (Å²) in [4.78, 5) is 0. The molecule has 0 N–H and O–H groups in total. The summed E-state index contributed by atoms with van der Waals surface area (Å²) in [5.74, 6) is 0. The molecule has 0 unspecified atom stereocenters. The van der Waals surface area contributed by atoms with Gasteiger partial charge >= 0.3 is 0 Å². The first kappa shape index (κ1) is 37.3. The van der Waals surface area contributed by atoms with Gasteiger partial charge in [0.25, 0.3) is 0 Å². The van der Waals surface area contributed by atoms with E-state index in [-0.39, 0.29) is 21.7 Å². The molecule has 0 aliphatic rings. The third-order valence-corrected chi connectivity index (χ3v) is 11.8. The first-order valence-electron chi connectivity index (χ1n) is 20.1. The Kier molecular flexibility index (Phi) is 8.48. The highest BCUT2D eigenvalue weighted by molar-refractivity contribution is 6.11. The number of hydrogen-bond acceptors (Lipinski definition) is 1. The Balaban J connectivity index is 1.51. The lowest BCUT2D eigenvalue weighted by Crippen LogP contribution is -2.11. The molecule has 0 spiro atoms. The molecule has 0 fully saturated rings. The molecule has 0 bridgehead atoms. The van der Waals surface area contributed by atoms with Gasteiger partial charge in [-0.2, -0.15) is 5.26 Å². The maximum Gasteiger partial charge on any atom is 0.0991 e. The van der Waals surface area contributed by atoms with Crippen molar-refractivity contribution in [2.24, 2.45) is 0 Å². The highest BCUT2D eigenvalue weighted by Gasteiger charge is 2.24. The van der Waals surface area contributed by atoms with Gasteiger partial charge in [-0.05, 0) is 122 Å². The van der Waals surface area contributed by atoms with E-state index in [2.05, 4.69) is 201 Å². The second-order valence-electron chi connectivity index (χ2n) is 20.0. The minimum Gasteiger partial charge on any atom is -0.309 e. The van der Waals surface area contributed by atoms with Crippen molar-refractivity contribution < 1.29 is 0 Å². The van der Waals surface area contributed by atoms with Crippen molar-refractivity contribution in [3.8, 4) is 28.6 Å². The third-order valence-electron chi connectivity index (χ3n) is 11.8. The lowest BCUT2D eigenvalue weighted by Gasteiger charge is -2.21. The average Bonchev–Trinajstić information content (AvgIpc) is 3.64. The highest BCUT2D eigenvalue weighted by atomic mass is 15.0. The zero-order valence-electron chi connectivity index (χ0n) is 35.3. The number of nitriles is 1. The van der Waals surface area contributed by atoms with E-state index in [0.717, 1.165) is 22.5 Å². The van der Waals surface area contributed by atoms with Gasteiger partial charge in [-0.3, -0.25) is 0 Å². The standard InChI is InChI=1S/C53H55N3/c1-50(2,3)36-19-23-46-44(27-36)42-21-17-38(52(7,8)9)29-48(42)55(46)40-25-35(34-15-13-33(32-54)14-16-34)26-41(31-40)56-47-24-20-37(51(4,5)6)28-45(47)43-22-18-39(30-49(43)56)53(10,11)12/h13-31H,1-12H3. The minimum atomic E-state index is -0.0127. The molecule has 282 valence electrons. The SMILES string of the molecule is CC(C)(C)c1ccc2c(c1)c1ccc(C(C)(C)C)cc1n2-c1cc(-c2ccc(C#N)cc2)cc(-n2c3ccc(C(C)(C)C)cc3c3ccc(C(C)(C)C)cc32)c1. The fraction of sp³-hybridized carbons (Fsp3) is 0.302. The number of rotatable bonds is 3. The molecular formula is C53H55N3. The van der Waals surface area contributed by atoms with Gasteiger partial charge in [0.15, 0.2) is 0 Å². The van der Waals surface area contributed by atoms with Crippen LogP contribution in [0, 0.1) is 11.3 Å². The molecule has 2 aromatic heterocycles. The second-order valence-corrected chi connectivity index (χ2v) is 20.0. The van der Waals surface area contributed by atoms with Gasteiger partial charge in [0, 0.05) is 32.9 Å². The van der Waals surface area contributed by atoms with Crippen molar-refractivity contribution in [2.75, 3.05) is 0 Å². The zero-order chi connectivity index (χ0) is 40.1. The Morgan fingerprint density at radius 2 is 0.732 bits per heavy atom. The number of hydrogen-bond donors (Lipinski definition) is 0. The van der Waals surface area contributed by atoms with Crippen molar-refractivity contribution in [1.29, 1.82) is 5.26 Å². The van der Waals surface area contributed by atoms with Crippen LogP contribution >= 0.6 is 0 Å². The Hall–Kier alpha value is -5.59. The first-order chi connectivity index (χ1) is 26.2. The van der Waals surface area contributed by atoms with Crippen LogP contribution in [0.25, 0.3) is 66.1 Å². The van der Waals surface area contributed by atoms with E-state index in [0.29, 0.717) is 5.56 Å². The molecule has 0 saturated heterocycles. The number of nitrogens with zero attached hydrogens (tertiary/aromatic N) is 3. The predicted molar refractivity (Wildman–Crippen MR) is 240 cm³/mol. The summed E-state index contributed by atoms with van der Waals surface area (Å²) in [7, 11) is 0. The van der Waals surface area contributed by atoms with Crippen LogP contribution in [0.4, 0.5) is 0 Å². The molecule has 0 saturated carbocycles. The predicted octanol–water partition coefficient (Wildman–Crippen LogP) is 14.6. The zero-order valence-corrected chi connectivity index (χ0v) is 35.3. The van der Waals surface area contributed by atoms with E-state index in [9.17, 15) is 5.26 Å². The lowest BCUT2D eigenvalue weighted by atomic mass is 9.85. The van der Waals surface area contributed by atoms with Gasteiger partial charge < -0.3 is 9.13 Å². The maximum atomic E-state index is 9.68. The van der Waals surface area contributed by atoms with Crippen molar-refractivity contribution >= 4 is 43.6 Å². The van der Waals surface area contributed by atoms with Crippen LogP contribution in [0.5, 0.6) is 0 Å². The third kappa shape index (κ3) is 6.40. The lowest BCUT2D eigenvalue weighted by molar-refractivity contribution is 0.590. The second kappa shape index (κ2) is 12.7. The number of benzene rings is 6. The molecule has 8 aromatic rings. The topological polar surface area (TPSA) is 33.6 Å². The minimum absolute atomic E-state index is 0.0127. The summed E-state index contributed by atoms with van der Waals surface area (Å²) < 4.78 is 4.96. The average molecular weight is 734 g/mol. The van der Waals surface area contributed by atoms with Crippen molar-refractivity contribution in [1.82, 2.24) is 9.13 Å². The molecule has 0 radical (unpaired) electrons. The smallest absolute Gasteiger partial charge is 0.0991 e. The van der Waals surface area contributed by atoms with Crippen LogP contribution in [0.2, 0.25) is 0 Å². The monoisotopic (exact) mass is 733 g/mol. The molecule has 0 atom stereocenters. The van der Waals surface area contributed by atoms with E-state index in [1.54, 1.807) is 0 Å². The number of aromatic nitrogens is 2. The van der Waals surface area contributed by atoms with Gasteiger partial charge in [-0.1, -0.05) is 132 Å². The van der Waals surface area contributed by atoms with Gasteiger partial charge in [0.2, 0.25) is 0 Å². The molecule has 0 aliphatic heterocycles. The quantitative estimate of drug-likeness (QED) is 0.178. The maximum absolute atomic E-state index is 9.68. The highest BCUT2D eigenvalue weighted by Crippen LogP contribution is 2.42. The van der Waals surface area contributed by atoms with Crippen LogP contribution in [-0.4, -0.2) is 9.13 Å². The van der Waals surface area contributed by atoms with E-state index in [4.69, 9.17) is 0 Å². The Labute approximate surface area is 333 Å². The summed E-state index contributed by atoms with van der Waals surface area (Å²) in [5.41, 5.74) is 15.1. The molecular weight excluding hydrogens is 679 g/mol. The van der Waals surface area contributed by atoms with E-state index < -0.39 is 0 Å². The molecule has 56 heavy (non-hydrogen) atoms. The molecule has 0 amide bonds. The van der Waals surface area contributed by atoms with Crippen LogP contribution < -0.4 is 0 Å². The van der Waals surface area contributed by atoms with Gasteiger partial charge in [-0.15, -0.1) is 0 Å². The van der Waals surface area contributed by atoms with Crippen LogP contribution in [-0.2, 0) is 21.7 Å². The van der Waals surface area contributed by atoms with Crippen molar-refractivity contribution in [2.45, 2.75) is 105 Å². The molecule has 3 heteroatoms. The molecule has 3 nitrogen and oxygen atoms in total. The van der Waals surface area contributed by atoms with Gasteiger partial charge in [0.05, 0.1) is 33.7 Å². The first-order valence-corrected chi connectivity index (χ1v) is 20.1. The molecule has 6 aromatic carbocycles. The summed E-state index contributed by atoms with van der Waals surface area (Å²) in [6.45, 7) is 27.5. The van der Waals surface area contributed by atoms with E-state index >= 15 is 0 Å². The molecule has 0 aliphatic carbocycles. The molecule has 2 heterocycles. The van der Waals surface area contributed by atoms with Crippen LogP contribution in [0.3, 0.4) is 0 Å². The summed E-state index contributed by atoms with van der Waals surface area (Å²) in [6, 6.07) is 45.6. The van der Waals surface area contributed by atoms with Gasteiger partial charge in [-0.25, -0.2) is 0 Å². The van der Waals surface area contributed by atoms with E-state index in [1.807, 2.05) is 12.1 Å². The fourth-order valence-corrected chi connectivity index (χ4v) is 8.22. The Bertz CT molecular complexity index is 2710. The van der Waals surface area contributed by atoms with Gasteiger partial charge in [0.1, 0.15) is 0 Å². The fourth-order valence-electron chi connectivity index (χ4n) is 8.22. The van der Waals surface area contributed by atoms with E-state index in [1.165, 1.54) is 65.9 Å². The van der Waals surface area contributed by atoms with Crippen LogP contribution in [0.15, 0.2) is 115 Å².